The van der Waals surface area contributed by atoms with Crippen LogP contribution in [-0.4, -0.2) is 53.6 Å². The number of amides is 2. The minimum atomic E-state index is -0.0117. The summed E-state index contributed by atoms with van der Waals surface area (Å²) in [6.45, 7) is 5.39. The van der Waals surface area contributed by atoms with Gasteiger partial charge < -0.3 is 15.1 Å². The van der Waals surface area contributed by atoms with Crippen LogP contribution in [0.2, 0.25) is 0 Å². The molecule has 4 rings (SSSR count). The Morgan fingerprint density at radius 1 is 0.900 bits per heavy atom. The van der Waals surface area contributed by atoms with Crippen LogP contribution in [0.4, 0.5) is 10.6 Å². The third-order valence-corrected chi connectivity index (χ3v) is 5.58. The number of anilines is 1. The monoisotopic (exact) mass is 401 g/mol. The molecule has 2 amide bonds. The number of aryl methyl sites for hydroxylation is 1. The minimum Gasteiger partial charge on any atom is -0.352 e. The van der Waals surface area contributed by atoms with Gasteiger partial charge >= 0.3 is 6.03 Å². The highest BCUT2D eigenvalue weighted by Gasteiger charge is 2.24. The molecule has 1 N–H and O–H groups in total. The molecule has 0 atom stereocenters. The van der Waals surface area contributed by atoms with E-state index in [4.69, 9.17) is 0 Å². The fraction of sp³-hybridized carbons (Fsp3) is 0.292. The average molecular weight is 402 g/mol. The van der Waals surface area contributed by atoms with E-state index < -0.39 is 0 Å². The number of hydrogen-bond donors (Lipinski definition) is 1. The predicted molar refractivity (Wildman–Crippen MR) is 119 cm³/mol. The Kier molecular flexibility index (Phi) is 6.23. The van der Waals surface area contributed by atoms with E-state index in [1.54, 1.807) is 12.4 Å². The zero-order chi connectivity index (χ0) is 20.8. The predicted octanol–water partition coefficient (Wildman–Crippen LogP) is 3.45. The molecule has 3 aromatic rings. The van der Waals surface area contributed by atoms with Crippen LogP contribution in [0, 0.1) is 6.92 Å². The van der Waals surface area contributed by atoms with Crippen LogP contribution in [0.15, 0.2) is 73.1 Å². The van der Waals surface area contributed by atoms with Crippen molar-refractivity contribution in [3.8, 4) is 0 Å². The molecule has 0 unspecified atom stereocenters. The van der Waals surface area contributed by atoms with Gasteiger partial charge in [0.25, 0.3) is 0 Å². The molecule has 6 heteroatoms. The summed E-state index contributed by atoms with van der Waals surface area (Å²) in [5, 5.41) is 3.16. The third kappa shape index (κ3) is 4.59. The van der Waals surface area contributed by atoms with Crippen LogP contribution in [-0.2, 0) is 0 Å². The first-order chi connectivity index (χ1) is 14.7. The number of urea groups is 1. The van der Waals surface area contributed by atoms with Gasteiger partial charge in [-0.2, -0.15) is 0 Å². The largest absolute Gasteiger partial charge is 0.352 e. The molecule has 0 spiro atoms. The summed E-state index contributed by atoms with van der Waals surface area (Å²) in [4.78, 5) is 25.7. The molecule has 1 aliphatic rings. The molecule has 0 bridgehead atoms. The number of benzene rings is 2. The molecule has 1 aliphatic heterocycles. The second-order valence-electron chi connectivity index (χ2n) is 7.50. The lowest BCUT2D eigenvalue weighted by atomic mass is 9.91. The molecule has 0 saturated carbocycles. The molecule has 1 fully saturated rings. The second-order valence-corrected chi connectivity index (χ2v) is 7.50. The number of hydrogen-bond acceptors (Lipinski definition) is 4. The standard InChI is InChI=1S/C24H27N5O/c1-19-23(26-13-12-25-19)28-14-16-29(17-15-28)24(30)27-18-22(20-8-4-2-5-9-20)21-10-6-3-7-11-21/h2-13,22H,14-18H2,1H3,(H,27,30). The van der Waals surface area contributed by atoms with Gasteiger partial charge in [0.15, 0.2) is 0 Å². The van der Waals surface area contributed by atoms with E-state index in [0.717, 1.165) is 24.6 Å². The van der Waals surface area contributed by atoms with Gasteiger partial charge in [0.1, 0.15) is 5.82 Å². The maximum absolute atomic E-state index is 12.8. The Labute approximate surface area is 177 Å². The molecule has 2 heterocycles. The van der Waals surface area contributed by atoms with Gasteiger partial charge in [-0.25, -0.2) is 9.78 Å². The van der Waals surface area contributed by atoms with Crippen LogP contribution < -0.4 is 10.2 Å². The van der Waals surface area contributed by atoms with Crippen LogP contribution in [0.1, 0.15) is 22.7 Å². The molecule has 30 heavy (non-hydrogen) atoms. The lowest BCUT2D eigenvalue weighted by Gasteiger charge is -2.36. The van der Waals surface area contributed by atoms with Gasteiger partial charge in [0.2, 0.25) is 0 Å². The van der Waals surface area contributed by atoms with Crippen LogP contribution in [0.5, 0.6) is 0 Å². The number of carbonyl (C=O) groups is 1. The number of nitrogens with zero attached hydrogens (tertiary/aromatic N) is 4. The SMILES string of the molecule is Cc1nccnc1N1CCN(C(=O)NCC(c2ccccc2)c2ccccc2)CC1. The van der Waals surface area contributed by atoms with E-state index in [9.17, 15) is 4.79 Å². The van der Waals surface area contributed by atoms with E-state index in [1.165, 1.54) is 11.1 Å². The number of aromatic nitrogens is 2. The van der Waals surface area contributed by atoms with Gasteiger partial charge in [-0.3, -0.25) is 4.98 Å². The summed E-state index contributed by atoms with van der Waals surface area (Å²) in [7, 11) is 0. The Bertz CT molecular complexity index is 916. The number of rotatable bonds is 5. The zero-order valence-corrected chi connectivity index (χ0v) is 17.2. The molecular weight excluding hydrogens is 374 g/mol. The molecule has 6 nitrogen and oxygen atoms in total. The van der Waals surface area contributed by atoms with Crippen molar-refractivity contribution in [2.45, 2.75) is 12.8 Å². The van der Waals surface area contributed by atoms with Gasteiger partial charge in [-0.15, -0.1) is 0 Å². The first kappa shape index (κ1) is 19.9. The van der Waals surface area contributed by atoms with Crippen molar-refractivity contribution in [3.63, 3.8) is 0 Å². The Morgan fingerprint density at radius 3 is 2.03 bits per heavy atom. The third-order valence-electron chi connectivity index (χ3n) is 5.58. The summed E-state index contributed by atoms with van der Waals surface area (Å²) in [6.07, 6.45) is 3.42. The lowest BCUT2D eigenvalue weighted by Crippen LogP contribution is -2.52. The molecular formula is C24H27N5O. The fourth-order valence-electron chi connectivity index (χ4n) is 3.93. The smallest absolute Gasteiger partial charge is 0.317 e. The van der Waals surface area contributed by atoms with Gasteiger partial charge in [0, 0.05) is 51.0 Å². The van der Waals surface area contributed by atoms with E-state index in [1.807, 2.05) is 48.2 Å². The maximum atomic E-state index is 12.8. The van der Waals surface area contributed by atoms with Crippen LogP contribution in [0.3, 0.4) is 0 Å². The summed E-state index contributed by atoms with van der Waals surface area (Å²) in [5.74, 6) is 1.03. The van der Waals surface area contributed by atoms with Gasteiger partial charge in [-0.05, 0) is 18.1 Å². The fourth-order valence-corrected chi connectivity index (χ4v) is 3.93. The topological polar surface area (TPSA) is 61.4 Å². The van der Waals surface area contributed by atoms with Crippen LogP contribution >= 0.6 is 0 Å². The van der Waals surface area contributed by atoms with Gasteiger partial charge in [-0.1, -0.05) is 60.7 Å². The first-order valence-electron chi connectivity index (χ1n) is 10.4. The molecule has 154 valence electrons. The zero-order valence-electron chi connectivity index (χ0n) is 17.2. The van der Waals surface area contributed by atoms with Gasteiger partial charge in [0.05, 0.1) is 5.69 Å². The molecule has 0 aliphatic carbocycles. The Balaban J connectivity index is 1.37. The van der Waals surface area contributed by atoms with E-state index >= 15 is 0 Å². The van der Waals surface area contributed by atoms with Crippen molar-refractivity contribution in [2.24, 2.45) is 0 Å². The van der Waals surface area contributed by atoms with E-state index in [2.05, 4.69) is 44.5 Å². The summed E-state index contributed by atoms with van der Waals surface area (Å²) >= 11 is 0. The highest BCUT2D eigenvalue weighted by molar-refractivity contribution is 5.74. The normalized spacial score (nSPS) is 14.1. The average Bonchev–Trinajstić information content (AvgIpc) is 2.81. The van der Waals surface area contributed by atoms with Crippen molar-refractivity contribution in [3.05, 3.63) is 89.9 Å². The van der Waals surface area contributed by atoms with Crippen molar-refractivity contribution >= 4 is 11.8 Å². The lowest BCUT2D eigenvalue weighted by molar-refractivity contribution is 0.194. The second kappa shape index (κ2) is 9.39. The number of piperazine rings is 1. The van der Waals surface area contributed by atoms with Crippen molar-refractivity contribution < 1.29 is 4.79 Å². The molecule has 0 radical (unpaired) electrons. The van der Waals surface area contributed by atoms with E-state index in [-0.39, 0.29) is 11.9 Å². The maximum Gasteiger partial charge on any atom is 0.317 e. The van der Waals surface area contributed by atoms with E-state index in [0.29, 0.717) is 19.6 Å². The molecule has 2 aromatic carbocycles. The van der Waals surface area contributed by atoms with Crippen LogP contribution in [0.25, 0.3) is 0 Å². The number of carbonyl (C=O) groups excluding carboxylic acids is 1. The summed E-state index contributed by atoms with van der Waals surface area (Å²) in [6, 6.07) is 20.7. The highest BCUT2D eigenvalue weighted by Crippen LogP contribution is 2.24. The first-order valence-corrected chi connectivity index (χ1v) is 10.4. The van der Waals surface area contributed by atoms with Crippen molar-refractivity contribution in [1.82, 2.24) is 20.2 Å². The molecule has 1 saturated heterocycles. The minimum absolute atomic E-state index is 0.0117. The van der Waals surface area contributed by atoms with Crippen molar-refractivity contribution in [1.29, 1.82) is 0 Å². The Morgan fingerprint density at radius 2 is 1.47 bits per heavy atom. The Hall–Kier alpha value is -3.41. The van der Waals surface area contributed by atoms with Crippen molar-refractivity contribution in [2.75, 3.05) is 37.6 Å². The summed E-state index contributed by atoms with van der Waals surface area (Å²) in [5.41, 5.74) is 3.32. The molecule has 1 aromatic heterocycles. The number of nitrogens with one attached hydrogen (secondary N) is 1. The summed E-state index contributed by atoms with van der Waals surface area (Å²) < 4.78 is 0. The quantitative estimate of drug-likeness (QED) is 0.711. The highest BCUT2D eigenvalue weighted by atomic mass is 16.2.